The maximum Gasteiger partial charge on any atom is 0.389 e. The molecule has 27 heavy (non-hydrogen) atoms. The number of rotatable bonds is 8. The summed E-state index contributed by atoms with van der Waals surface area (Å²) in [4.78, 5) is 11.7. The Morgan fingerprint density at radius 2 is 1.81 bits per heavy atom. The van der Waals surface area contributed by atoms with Crippen LogP contribution in [0.2, 0.25) is 0 Å². The predicted molar refractivity (Wildman–Crippen MR) is 89.7 cm³/mol. The number of alkyl halides is 3. The van der Waals surface area contributed by atoms with Crippen LogP contribution in [0, 0.1) is 5.92 Å². The zero-order valence-electron chi connectivity index (χ0n) is 15.0. The number of nitrogens with zero attached hydrogens (tertiary/aromatic N) is 1. The molecule has 0 unspecified atom stereocenters. The second kappa shape index (κ2) is 9.06. The average molecular weight is 417 g/mol. The molecule has 2 rings (SSSR count). The third kappa shape index (κ3) is 5.55. The van der Waals surface area contributed by atoms with Gasteiger partial charge in [0.2, 0.25) is 10.0 Å². The van der Waals surface area contributed by atoms with Crippen molar-refractivity contribution in [2.75, 3.05) is 39.5 Å². The smallest absolute Gasteiger partial charge is 0.389 e. The van der Waals surface area contributed by atoms with Crippen LogP contribution in [-0.4, -0.2) is 74.2 Å². The summed E-state index contributed by atoms with van der Waals surface area (Å²) >= 11 is 0. The molecule has 2 heterocycles. The molecule has 2 saturated heterocycles. The summed E-state index contributed by atoms with van der Waals surface area (Å²) in [5, 5.41) is 9.57. The van der Waals surface area contributed by atoms with Crippen LogP contribution in [0.4, 0.5) is 13.2 Å². The molecule has 0 aromatic rings. The fourth-order valence-electron chi connectivity index (χ4n) is 3.47. The van der Waals surface area contributed by atoms with E-state index in [2.05, 4.69) is 0 Å². The zero-order chi connectivity index (χ0) is 20.1. The number of piperidine rings is 1. The van der Waals surface area contributed by atoms with Crippen LogP contribution in [0.1, 0.15) is 38.5 Å². The summed E-state index contributed by atoms with van der Waals surface area (Å²) < 4.78 is 71.9. The summed E-state index contributed by atoms with van der Waals surface area (Å²) in [5.41, 5.74) is 0. The highest BCUT2D eigenvalue weighted by atomic mass is 32.2. The maximum absolute atomic E-state index is 13.0. The molecule has 0 radical (unpaired) electrons. The van der Waals surface area contributed by atoms with Crippen molar-refractivity contribution in [3.05, 3.63) is 0 Å². The van der Waals surface area contributed by atoms with E-state index in [0.717, 1.165) is 0 Å². The van der Waals surface area contributed by atoms with Gasteiger partial charge in [-0.25, -0.2) is 12.7 Å². The van der Waals surface area contributed by atoms with Crippen molar-refractivity contribution in [3.8, 4) is 0 Å². The number of sulfonamides is 1. The highest BCUT2D eigenvalue weighted by molar-refractivity contribution is 7.91. The van der Waals surface area contributed by atoms with E-state index in [4.69, 9.17) is 9.47 Å². The van der Waals surface area contributed by atoms with Gasteiger partial charge in [-0.1, -0.05) is 0 Å². The fourth-order valence-corrected chi connectivity index (χ4v) is 5.56. The molecule has 0 aromatic heterocycles. The van der Waals surface area contributed by atoms with E-state index >= 15 is 0 Å². The molecule has 0 aliphatic carbocycles. The van der Waals surface area contributed by atoms with Crippen LogP contribution < -0.4 is 0 Å². The van der Waals surface area contributed by atoms with Gasteiger partial charge in [-0.15, -0.1) is 0 Å². The second-order valence-corrected chi connectivity index (χ2v) is 9.30. The van der Waals surface area contributed by atoms with Crippen molar-refractivity contribution in [1.29, 1.82) is 0 Å². The largest absolute Gasteiger partial charge is 0.480 e. The Kier molecular flexibility index (Phi) is 7.51. The monoisotopic (exact) mass is 417 g/mol. The van der Waals surface area contributed by atoms with Crippen LogP contribution >= 0.6 is 0 Å². The summed E-state index contributed by atoms with van der Waals surface area (Å²) in [6, 6.07) is 0. The molecular formula is C16H26F3NO6S. The van der Waals surface area contributed by atoms with Crippen molar-refractivity contribution in [1.82, 2.24) is 4.31 Å². The van der Waals surface area contributed by atoms with Crippen LogP contribution in [0.25, 0.3) is 0 Å². The van der Waals surface area contributed by atoms with Gasteiger partial charge in [0.15, 0.2) is 4.75 Å². The third-order valence-electron chi connectivity index (χ3n) is 5.20. The number of halogens is 3. The summed E-state index contributed by atoms with van der Waals surface area (Å²) in [5.74, 6) is -1.29. The molecule has 0 bridgehead atoms. The summed E-state index contributed by atoms with van der Waals surface area (Å²) in [6.45, 7) is 0.856. The summed E-state index contributed by atoms with van der Waals surface area (Å²) in [7, 11) is -4.03. The Morgan fingerprint density at radius 1 is 1.22 bits per heavy atom. The zero-order valence-corrected chi connectivity index (χ0v) is 15.9. The number of ether oxygens (including phenoxy) is 2. The Bertz CT molecular complexity index is 596. The minimum absolute atomic E-state index is 0.0140. The van der Waals surface area contributed by atoms with Crippen molar-refractivity contribution >= 4 is 16.0 Å². The summed E-state index contributed by atoms with van der Waals surface area (Å²) in [6.07, 6.45) is -4.34. The number of carboxylic acid groups (broad SMARTS) is 1. The quantitative estimate of drug-likeness (QED) is 0.608. The molecule has 0 saturated carbocycles. The first kappa shape index (κ1) is 22.4. The van der Waals surface area contributed by atoms with E-state index in [1.165, 1.54) is 4.31 Å². The molecule has 1 N–H and O–H groups in total. The topological polar surface area (TPSA) is 93.1 Å². The van der Waals surface area contributed by atoms with Gasteiger partial charge < -0.3 is 14.6 Å². The lowest BCUT2D eigenvalue weighted by Crippen LogP contribution is -2.57. The molecule has 2 aliphatic heterocycles. The number of aliphatic carboxylic acids is 1. The second-order valence-electron chi connectivity index (χ2n) is 7.05. The van der Waals surface area contributed by atoms with E-state index in [9.17, 15) is 31.5 Å². The normalized spacial score (nSPS) is 22.6. The highest BCUT2D eigenvalue weighted by Gasteiger charge is 2.54. The van der Waals surface area contributed by atoms with Crippen LogP contribution in [-0.2, 0) is 24.3 Å². The number of hydrogen-bond donors (Lipinski definition) is 1. The minimum Gasteiger partial charge on any atom is -0.480 e. The van der Waals surface area contributed by atoms with E-state index in [1.807, 2.05) is 0 Å². The van der Waals surface area contributed by atoms with Crippen molar-refractivity contribution in [2.45, 2.75) is 49.4 Å². The van der Waals surface area contributed by atoms with Crippen molar-refractivity contribution < 1.29 is 41.0 Å². The molecule has 0 amide bonds. The molecule has 0 atom stereocenters. The van der Waals surface area contributed by atoms with Gasteiger partial charge in [0, 0.05) is 58.8 Å². The maximum atomic E-state index is 13.0. The molecule has 0 aromatic carbocycles. The lowest BCUT2D eigenvalue weighted by atomic mass is 9.99. The first-order chi connectivity index (χ1) is 12.6. The molecule has 2 aliphatic rings. The fraction of sp³-hybridized carbons (Fsp3) is 0.938. The van der Waals surface area contributed by atoms with E-state index in [-0.39, 0.29) is 64.7 Å². The average Bonchev–Trinajstić information content (AvgIpc) is 2.61. The molecule has 158 valence electrons. The predicted octanol–water partition coefficient (Wildman–Crippen LogP) is 2.02. The van der Waals surface area contributed by atoms with Crippen LogP contribution in [0.3, 0.4) is 0 Å². The molecule has 7 nitrogen and oxygen atoms in total. The number of carboxylic acids is 1. The van der Waals surface area contributed by atoms with E-state index < -0.39 is 33.3 Å². The Hall–Kier alpha value is -0.910. The molecule has 2 fully saturated rings. The Balaban J connectivity index is 1.83. The van der Waals surface area contributed by atoms with Gasteiger partial charge in [0.1, 0.15) is 0 Å². The Labute approximate surface area is 156 Å². The van der Waals surface area contributed by atoms with E-state index in [1.54, 1.807) is 0 Å². The molecular weight excluding hydrogens is 391 g/mol. The van der Waals surface area contributed by atoms with Gasteiger partial charge in [-0.2, -0.15) is 13.2 Å². The first-order valence-corrected chi connectivity index (χ1v) is 10.5. The molecule has 0 spiro atoms. The first-order valence-electron chi connectivity index (χ1n) is 9.04. The van der Waals surface area contributed by atoms with Crippen LogP contribution in [0.15, 0.2) is 0 Å². The van der Waals surface area contributed by atoms with Crippen molar-refractivity contribution in [3.63, 3.8) is 0 Å². The highest BCUT2D eigenvalue weighted by Crippen LogP contribution is 2.35. The lowest BCUT2D eigenvalue weighted by Gasteiger charge is -2.39. The Morgan fingerprint density at radius 3 is 2.33 bits per heavy atom. The van der Waals surface area contributed by atoms with Gasteiger partial charge in [-0.3, -0.25) is 4.79 Å². The lowest BCUT2D eigenvalue weighted by molar-refractivity contribution is -0.143. The number of carbonyl (C=O) groups is 1. The van der Waals surface area contributed by atoms with Crippen LogP contribution in [0.5, 0.6) is 0 Å². The SMILES string of the molecule is O=C(O)C1(S(=O)(=O)N2CCC(COCCCC(F)(F)F)CC2)CCOCC1. The van der Waals surface area contributed by atoms with Crippen molar-refractivity contribution in [2.24, 2.45) is 5.92 Å². The van der Waals surface area contributed by atoms with Gasteiger partial charge >= 0.3 is 12.1 Å². The van der Waals surface area contributed by atoms with Gasteiger partial charge in [0.05, 0.1) is 0 Å². The minimum atomic E-state index is -4.19. The van der Waals surface area contributed by atoms with E-state index in [0.29, 0.717) is 12.8 Å². The third-order valence-corrected chi connectivity index (χ3v) is 7.82. The molecule has 11 heteroatoms. The standard InChI is InChI=1S/C16H26F3NO6S/c17-16(18,19)4-1-9-26-12-13-2-7-20(8-3-13)27(23,24)15(14(21)22)5-10-25-11-6-15/h13H,1-12H2,(H,21,22). The van der Waals surface area contributed by atoms with Gasteiger partial charge in [-0.05, 0) is 25.2 Å². The number of hydrogen-bond acceptors (Lipinski definition) is 5. The van der Waals surface area contributed by atoms with Gasteiger partial charge in [0.25, 0.3) is 0 Å².